The van der Waals surface area contributed by atoms with Gasteiger partial charge in [0.05, 0.1) is 0 Å². The Morgan fingerprint density at radius 1 is 1.26 bits per heavy atom. The number of rotatable bonds is 2. The van der Waals surface area contributed by atoms with Gasteiger partial charge in [0.15, 0.2) is 5.82 Å². The van der Waals surface area contributed by atoms with Crippen molar-refractivity contribution in [1.29, 1.82) is 0 Å². The fourth-order valence-electron chi connectivity index (χ4n) is 2.35. The number of anilines is 1. The van der Waals surface area contributed by atoms with Gasteiger partial charge in [-0.25, -0.2) is 0 Å². The summed E-state index contributed by atoms with van der Waals surface area (Å²) in [6.07, 6.45) is 0. The molecule has 100 valence electrons. The SMILES string of the molecule is Cc1ccc(-c2nc(N3CCNC(C)C3)n[nH]2)cc1. The lowest BCUT2D eigenvalue weighted by Crippen LogP contribution is -2.49. The predicted molar refractivity (Wildman–Crippen MR) is 76.2 cm³/mol. The van der Waals surface area contributed by atoms with Crippen molar-refractivity contribution in [2.24, 2.45) is 0 Å². The molecular formula is C14H19N5. The van der Waals surface area contributed by atoms with Crippen molar-refractivity contribution in [3.63, 3.8) is 0 Å². The van der Waals surface area contributed by atoms with Crippen LogP contribution in [0, 0.1) is 6.92 Å². The van der Waals surface area contributed by atoms with Gasteiger partial charge in [0, 0.05) is 31.2 Å². The number of aromatic nitrogens is 3. The molecule has 5 nitrogen and oxygen atoms in total. The van der Waals surface area contributed by atoms with Crippen molar-refractivity contribution in [2.75, 3.05) is 24.5 Å². The second-order valence-corrected chi connectivity index (χ2v) is 5.15. The summed E-state index contributed by atoms with van der Waals surface area (Å²) in [5.41, 5.74) is 2.33. The molecule has 1 aliphatic rings. The topological polar surface area (TPSA) is 56.8 Å². The van der Waals surface area contributed by atoms with E-state index in [-0.39, 0.29) is 0 Å². The van der Waals surface area contributed by atoms with E-state index in [0.29, 0.717) is 6.04 Å². The summed E-state index contributed by atoms with van der Waals surface area (Å²) in [6, 6.07) is 8.80. The molecule has 19 heavy (non-hydrogen) atoms. The highest BCUT2D eigenvalue weighted by Gasteiger charge is 2.19. The second-order valence-electron chi connectivity index (χ2n) is 5.15. The zero-order chi connectivity index (χ0) is 13.2. The lowest BCUT2D eigenvalue weighted by atomic mass is 10.1. The van der Waals surface area contributed by atoms with Crippen LogP contribution in [-0.2, 0) is 0 Å². The van der Waals surface area contributed by atoms with Crippen LogP contribution in [0.5, 0.6) is 0 Å². The van der Waals surface area contributed by atoms with Crippen LogP contribution in [0.15, 0.2) is 24.3 Å². The molecule has 0 saturated carbocycles. The molecule has 1 atom stereocenters. The molecule has 0 aliphatic carbocycles. The maximum absolute atomic E-state index is 4.60. The first kappa shape index (κ1) is 12.2. The first-order valence-electron chi connectivity index (χ1n) is 6.70. The van der Waals surface area contributed by atoms with Gasteiger partial charge in [0.1, 0.15) is 0 Å². The maximum atomic E-state index is 4.60. The summed E-state index contributed by atoms with van der Waals surface area (Å²) in [5.74, 6) is 1.63. The Hall–Kier alpha value is -1.88. The van der Waals surface area contributed by atoms with Crippen molar-refractivity contribution in [2.45, 2.75) is 19.9 Å². The van der Waals surface area contributed by atoms with E-state index in [4.69, 9.17) is 0 Å². The average molecular weight is 257 g/mol. The van der Waals surface area contributed by atoms with Gasteiger partial charge in [0.2, 0.25) is 5.95 Å². The van der Waals surface area contributed by atoms with Crippen molar-refractivity contribution >= 4 is 5.95 Å². The lowest BCUT2D eigenvalue weighted by Gasteiger charge is -2.30. The number of H-pyrrole nitrogens is 1. The van der Waals surface area contributed by atoms with Crippen molar-refractivity contribution in [1.82, 2.24) is 20.5 Å². The smallest absolute Gasteiger partial charge is 0.245 e. The van der Waals surface area contributed by atoms with E-state index in [1.807, 2.05) is 0 Å². The minimum atomic E-state index is 0.482. The number of aromatic amines is 1. The first-order chi connectivity index (χ1) is 9.22. The third-order valence-corrected chi connectivity index (χ3v) is 3.45. The number of piperazine rings is 1. The highest BCUT2D eigenvalue weighted by Crippen LogP contribution is 2.18. The minimum absolute atomic E-state index is 0.482. The van der Waals surface area contributed by atoms with E-state index in [1.54, 1.807) is 0 Å². The lowest BCUT2D eigenvalue weighted by molar-refractivity contribution is 0.480. The summed E-state index contributed by atoms with van der Waals surface area (Å²) in [7, 11) is 0. The van der Waals surface area contributed by atoms with Crippen LogP contribution in [0.2, 0.25) is 0 Å². The highest BCUT2D eigenvalue weighted by molar-refractivity contribution is 5.56. The van der Waals surface area contributed by atoms with E-state index in [2.05, 4.69) is 63.5 Å². The molecule has 0 spiro atoms. The molecule has 2 aromatic rings. The predicted octanol–water partition coefficient (Wildman–Crippen LogP) is 1.58. The van der Waals surface area contributed by atoms with Crippen LogP contribution in [-0.4, -0.2) is 40.9 Å². The molecular weight excluding hydrogens is 238 g/mol. The Kier molecular flexibility index (Phi) is 3.21. The Morgan fingerprint density at radius 3 is 2.79 bits per heavy atom. The summed E-state index contributed by atoms with van der Waals surface area (Å²) < 4.78 is 0. The number of benzene rings is 1. The maximum Gasteiger partial charge on any atom is 0.245 e. The highest BCUT2D eigenvalue weighted by atomic mass is 15.4. The molecule has 0 radical (unpaired) electrons. The fraction of sp³-hybridized carbons (Fsp3) is 0.429. The third kappa shape index (κ3) is 2.61. The molecule has 1 aromatic carbocycles. The molecule has 5 heteroatoms. The van der Waals surface area contributed by atoms with Gasteiger partial charge >= 0.3 is 0 Å². The zero-order valence-corrected chi connectivity index (χ0v) is 11.3. The van der Waals surface area contributed by atoms with Crippen molar-refractivity contribution in [3.8, 4) is 11.4 Å². The molecule has 0 bridgehead atoms. The van der Waals surface area contributed by atoms with E-state index in [9.17, 15) is 0 Å². The largest absolute Gasteiger partial charge is 0.337 e. The number of nitrogens with zero attached hydrogens (tertiary/aromatic N) is 3. The Labute approximate surface area is 113 Å². The van der Waals surface area contributed by atoms with Crippen LogP contribution in [0.3, 0.4) is 0 Å². The van der Waals surface area contributed by atoms with Crippen LogP contribution in [0.4, 0.5) is 5.95 Å². The minimum Gasteiger partial charge on any atom is -0.337 e. The molecule has 1 aliphatic heterocycles. The third-order valence-electron chi connectivity index (χ3n) is 3.45. The molecule has 1 fully saturated rings. The second kappa shape index (κ2) is 5.01. The van der Waals surface area contributed by atoms with Gasteiger partial charge in [0.25, 0.3) is 0 Å². The molecule has 1 saturated heterocycles. The van der Waals surface area contributed by atoms with Crippen molar-refractivity contribution in [3.05, 3.63) is 29.8 Å². The molecule has 2 heterocycles. The van der Waals surface area contributed by atoms with E-state index < -0.39 is 0 Å². The molecule has 3 rings (SSSR count). The molecule has 1 aromatic heterocycles. The van der Waals surface area contributed by atoms with Crippen LogP contribution < -0.4 is 10.2 Å². The van der Waals surface area contributed by atoms with Crippen LogP contribution in [0.25, 0.3) is 11.4 Å². The van der Waals surface area contributed by atoms with Gasteiger partial charge in [-0.1, -0.05) is 29.8 Å². The fourth-order valence-corrected chi connectivity index (χ4v) is 2.35. The van der Waals surface area contributed by atoms with Crippen LogP contribution >= 0.6 is 0 Å². The normalized spacial score (nSPS) is 19.7. The molecule has 1 unspecified atom stereocenters. The van der Waals surface area contributed by atoms with E-state index >= 15 is 0 Å². The zero-order valence-electron chi connectivity index (χ0n) is 11.3. The number of hydrogen-bond donors (Lipinski definition) is 2. The number of nitrogens with one attached hydrogen (secondary N) is 2. The van der Waals surface area contributed by atoms with Gasteiger partial charge in [-0.2, -0.15) is 4.98 Å². The van der Waals surface area contributed by atoms with Gasteiger partial charge in [-0.05, 0) is 13.8 Å². The summed E-state index contributed by atoms with van der Waals surface area (Å²) in [6.45, 7) is 7.15. The first-order valence-corrected chi connectivity index (χ1v) is 6.70. The van der Waals surface area contributed by atoms with Gasteiger partial charge < -0.3 is 10.2 Å². The monoisotopic (exact) mass is 257 g/mol. The Bertz CT molecular complexity index is 545. The van der Waals surface area contributed by atoms with Crippen molar-refractivity contribution < 1.29 is 0 Å². The van der Waals surface area contributed by atoms with E-state index in [1.165, 1.54) is 5.56 Å². The number of aryl methyl sites for hydroxylation is 1. The van der Waals surface area contributed by atoms with Crippen LogP contribution in [0.1, 0.15) is 12.5 Å². The quantitative estimate of drug-likeness (QED) is 0.857. The Balaban J connectivity index is 1.81. The summed E-state index contributed by atoms with van der Waals surface area (Å²) in [4.78, 5) is 6.82. The molecule has 2 N–H and O–H groups in total. The number of hydrogen-bond acceptors (Lipinski definition) is 4. The van der Waals surface area contributed by atoms with Gasteiger partial charge in [-0.3, -0.25) is 5.10 Å². The standard InChI is InChI=1S/C14H19N5/c1-10-3-5-12(6-4-10)13-16-14(18-17-13)19-8-7-15-11(2)9-19/h3-6,11,15H,7-9H2,1-2H3,(H,16,17,18). The summed E-state index contributed by atoms with van der Waals surface area (Å²) >= 11 is 0. The van der Waals surface area contributed by atoms with Gasteiger partial charge in [-0.15, -0.1) is 5.10 Å². The Morgan fingerprint density at radius 2 is 2.05 bits per heavy atom. The van der Waals surface area contributed by atoms with E-state index in [0.717, 1.165) is 37.0 Å². The summed E-state index contributed by atoms with van der Waals surface area (Å²) in [5, 5.41) is 10.8. The molecule has 0 amide bonds. The average Bonchev–Trinajstić information content (AvgIpc) is 2.89.